The van der Waals surface area contributed by atoms with Crippen molar-refractivity contribution in [2.24, 2.45) is 5.92 Å². The fourth-order valence-electron chi connectivity index (χ4n) is 2.45. The molecule has 1 amide bonds. The van der Waals surface area contributed by atoms with Gasteiger partial charge in [-0.2, -0.15) is 18.2 Å². The number of hydrogen-bond acceptors (Lipinski definition) is 4. The van der Waals surface area contributed by atoms with E-state index in [-0.39, 0.29) is 37.6 Å². The summed E-state index contributed by atoms with van der Waals surface area (Å²) in [5.74, 6) is -0.666. The summed E-state index contributed by atoms with van der Waals surface area (Å²) in [7, 11) is 0. The molecule has 8 heteroatoms. The van der Waals surface area contributed by atoms with Crippen LogP contribution in [0.5, 0.6) is 0 Å². The van der Waals surface area contributed by atoms with Crippen molar-refractivity contribution in [2.45, 2.75) is 51.6 Å². The fourth-order valence-corrected chi connectivity index (χ4v) is 2.45. The Morgan fingerprint density at radius 3 is 2.77 bits per heavy atom. The molecule has 0 spiro atoms. The predicted octanol–water partition coefficient (Wildman–Crippen LogP) is 2.93. The highest BCUT2D eigenvalue weighted by molar-refractivity contribution is 5.76. The van der Waals surface area contributed by atoms with Gasteiger partial charge in [-0.25, -0.2) is 0 Å². The Balaban J connectivity index is 1.86. The maximum atomic E-state index is 12.7. The summed E-state index contributed by atoms with van der Waals surface area (Å²) >= 11 is 0. The lowest BCUT2D eigenvalue weighted by atomic mass is 9.97. The molecule has 0 aromatic carbocycles. The first-order valence-corrected chi connectivity index (χ1v) is 7.44. The summed E-state index contributed by atoms with van der Waals surface area (Å²) in [5.41, 5.74) is 0. The first kappa shape index (κ1) is 16.8. The largest absolute Gasteiger partial charge is 0.393 e. The SMILES string of the molecule is CC(C)c1noc(CCC(=O)N2CCC[C@@H](C(F)(F)F)C2)n1. The zero-order chi connectivity index (χ0) is 16.3. The van der Waals surface area contributed by atoms with Crippen molar-refractivity contribution in [1.29, 1.82) is 0 Å². The summed E-state index contributed by atoms with van der Waals surface area (Å²) in [6, 6.07) is 0. The highest BCUT2D eigenvalue weighted by atomic mass is 19.4. The van der Waals surface area contributed by atoms with Crippen LogP contribution in [-0.4, -0.2) is 40.2 Å². The van der Waals surface area contributed by atoms with Crippen molar-refractivity contribution in [3.63, 3.8) is 0 Å². The van der Waals surface area contributed by atoms with E-state index in [9.17, 15) is 18.0 Å². The highest BCUT2D eigenvalue weighted by Crippen LogP contribution is 2.33. The van der Waals surface area contributed by atoms with Gasteiger partial charge in [-0.05, 0) is 12.8 Å². The number of halogens is 3. The number of amides is 1. The topological polar surface area (TPSA) is 59.2 Å². The molecular formula is C14H20F3N3O2. The van der Waals surface area contributed by atoms with Gasteiger partial charge >= 0.3 is 6.18 Å². The van der Waals surface area contributed by atoms with Gasteiger partial charge in [0.2, 0.25) is 11.8 Å². The Bertz CT molecular complexity index is 514. The van der Waals surface area contributed by atoms with E-state index in [1.807, 2.05) is 13.8 Å². The van der Waals surface area contributed by atoms with Gasteiger partial charge < -0.3 is 9.42 Å². The van der Waals surface area contributed by atoms with E-state index < -0.39 is 12.1 Å². The van der Waals surface area contributed by atoms with Gasteiger partial charge in [-0.3, -0.25) is 4.79 Å². The number of aryl methyl sites for hydroxylation is 1. The standard InChI is InChI=1S/C14H20F3N3O2/c1-9(2)13-18-11(22-19-13)5-6-12(21)20-7-3-4-10(8-20)14(15,16)17/h9-10H,3-8H2,1-2H3/t10-/m1/s1. The molecule has 1 fully saturated rings. The number of nitrogens with zero attached hydrogens (tertiary/aromatic N) is 3. The van der Waals surface area contributed by atoms with Crippen LogP contribution in [0.4, 0.5) is 13.2 Å². The smallest absolute Gasteiger partial charge is 0.342 e. The van der Waals surface area contributed by atoms with Crippen molar-refractivity contribution in [3.05, 3.63) is 11.7 Å². The fraction of sp³-hybridized carbons (Fsp3) is 0.786. The van der Waals surface area contributed by atoms with E-state index in [2.05, 4.69) is 10.1 Å². The Kier molecular flexibility index (Phi) is 5.08. The van der Waals surface area contributed by atoms with Crippen LogP contribution < -0.4 is 0 Å². The van der Waals surface area contributed by atoms with E-state index in [4.69, 9.17) is 4.52 Å². The minimum absolute atomic E-state index is 0.0876. The maximum absolute atomic E-state index is 12.7. The lowest BCUT2D eigenvalue weighted by Gasteiger charge is -2.33. The second-order valence-corrected chi connectivity index (χ2v) is 5.92. The van der Waals surface area contributed by atoms with Crippen LogP contribution in [-0.2, 0) is 11.2 Å². The number of aromatic nitrogens is 2. The molecule has 22 heavy (non-hydrogen) atoms. The van der Waals surface area contributed by atoms with Crippen molar-refractivity contribution in [1.82, 2.24) is 15.0 Å². The average molecular weight is 319 g/mol. The van der Waals surface area contributed by atoms with E-state index in [0.29, 0.717) is 24.7 Å². The molecule has 0 aliphatic carbocycles. The molecule has 1 aliphatic rings. The third-order valence-corrected chi connectivity index (χ3v) is 3.79. The number of carbonyl (C=O) groups is 1. The molecule has 0 saturated carbocycles. The van der Waals surface area contributed by atoms with Crippen molar-refractivity contribution in [2.75, 3.05) is 13.1 Å². The van der Waals surface area contributed by atoms with Gasteiger partial charge in [0.25, 0.3) is 0 Å². The Hall–Kier alpha value is -1.60. The van der Waals surface area contributed by atoms with Crippen LogP contribution in [0, 0.1) is 5.92 Å². The first-order chi connectivity index (χ1) is 10.3. The second kappa shape index (κ2) is 6.66. The third-order valence-electron chi connectivity index (χ3n) is 3.79. The van der Waals surface area contributed by atoms with Gasteiger partial charge in [0.15, 0.2) is 5.82 Å². The van der Waals surface area contributed by atoms with Crippen molar-refractivity contribution >= 4 is 5.91 Å². The number of hydrogen-bond donors (Lipinski definition) is 0. The van der Waals surface area contributed by atoms with E-state index in [0.717, 1.165) is 0 Å². The molecule has 0 unspecified atom stereocenters. The molecule has 1 atom stereocenters. The van der Waals surface area contributed by atoms with Gasteiger partial charge in [0, 0.05) is 31.8 Å². The molecular weight excluding hydrogens is 299 g/mol. The summed E-state index contributed by atoms with van der Waals surface area (Å²) in [4.78, 5) is 17.5. The van der Waals surface area contributed by atoms with E-state index >= 15 is 0 Å². The van der Waals surface area contributed by atoms with Crippen LogP contribution in [0.25, 0.3) is 0 Å². The number of carbonyl (C=O) groups excluding carboxylic acids is 1. The van der Waals surface area contributed by atoms with Gasteiger partial charge in [0.05, 0.1) is 5.92 Å². The number of piperidine rings is 1. The maximum Gasteiger partial charge on any atom is 0.393 e. The Labute approximate surface area is 126 Å². The lowest BCUT2D eigenvalue weighted by Crippen LogP contribution is -2.44. The van der Waals surface area contributed by atoms with Crippen LogP contribution in [0.2, 0.25) is 0 Å². The highest BCUT2D eigenvalue weighted by Gasteiger charge is 2.42. The van der Waals surface area contributed by atoms with Crippen molar-refractivity contribution in [3.8, 4) is 0 Å². The first-order valence-electron chi connectivity index (χ1n) is 7.44. The molecule has 1 aromatic heterocycles. The molecule has 124 valence electrons. The molecule has 0 bridgehead atoms. The summed E-state index contributed by atoms with van der Waals surface area (Å²) in [5, 5.41) is 3.79. The van der Waals surface area contributed by atoms with Gasteiger partial charge in [-0.1, -0.05) is 19.0 Å². The number of alkyl halides is 3. The van der Waals surface area contributed by atoms with E-state index in [1.165, 1.54) is 4.90 Å². The predicted molar refractivity (Wildman–Crippen MR) is 72.1 cm³/mol. The normalized spacial score (nSPS) is 19.7. The minimum atomic E-state index is -4.24. The number of rotatable bonds is 4. The molecule has 1 saturated heterocycles. The monoisotopic (exact) mass is 319 g/mol. The summed E-state index contributed by atoms with van der Waals surface area (Å²) in [6.45, 7) is 3.98. The zero-order valence-corrected chi connectivity index (χ0v) is 12.7. The van der Waals surface area contributed by atoms with Crippen LogP contribution >= 0.6 is 0 Å². The average Bonchev–Trinajstić information content (AvgIpc) is 2.93. The third kappa shape index (κ3) is 4.20. The Morgan fingerprint density at radius 1 is 1.45 bits per heavy atom. The van der Waals surface area contributed by atoms with Gasteiger partial charge in [0.1, 0.15) is 0 Å². The Morgan fingerprint density at radius 2 is 2.18 bits per heavy atom. The van der Waals surface area contributed by atoms with Crippen molar-refractivity contribution < 1.29 is 22.5 Å². The number of likely N-dealkylation sites (tertiary alicyclic amines) is 1. The quantitative estimate of drug-likeness (QED) is 0.856. The molecule has 0 radical (unpaired) electrons. The molecule has 1 aliphatic heterocycles. The summed E-state index contributed by atoms with van der Waals surface area (Å²) in [6.07, 6.45) is -3.42. The van der Waals surface area contributed by atoms with Crippen LogP contribution in [0.1, 0.15) is 50.7 Å². The summed E-state index contributed by atoms with van der Waals surface area (Å²) < 4.78 is 43.2. The molecule has 2 heterocycles. The van der Waals surface area contributed by atoms with Crippen LogP contribution in [0.15, 0.2) is 4.52 Å². The second-order valence-electron chi connectivity index (χ2n) is 5.92. The molecule has 1 aromatic rings. The molecule has 5 nitrogen and oxygen atoms in total. The van der Waals surface area contributed by atoms with Gasteiger partial charge in [-0.15, -0.1) is 0 Å². The zero-order valence-electron chi connectivity index (χ0n) is 12.7. The van der Waals surface area contributed by atoms with Crippen LogP contribution in [0.3, 0.4) is 0 Å². The molecule has 2 rings (SSSR count). The lowest BCUT2D eigenvalue weighted by molar-refractivity contribution is -0.188. The molecule has 0 N–H and O–H groups in total. The minimum Gasteiger partial charge on any atom is -0.342 e. The van der Waals surface area contributed by atoms with E-state index in [1.54, 1.807) is 0 Å².